The standard InChI is InChI=1S/C11H26N4O.C5H11NO/c1-14(2)9-5-7-12-11(16)13-8-6-10-15(3)4;1-6-2-4-7-5-3-6/h5-10H2,1-4H3,(H2,12,13,16);2-5H2,1H3. The molecule has 7 heteroatoms. The first kappa shape index (κ1) is 22.1. The van der Waals surface area contributed by atoms with Crippen LogP contribution in [0.5, 0.6) is 0 Å². The summed E-state index contributed by atoms with van der Waals surface area (Å²) in [6.07, 6.45) is 1.97. The van der Waals surface area contributed by atoms with E-state index in [9.17, 15) is 4.79 Å². The molecule has 1 saturated heterocycles. The molecule has 0 aliphatic carbocycles. The minimum absolute atomic E-state index is 0.0579. The Balaban J connectivity index is 0.000000568. The van der Waals surface area contributed by atoms with Gasteiger partial charge in [0.2, 0.25) is 0 Å². The normalized spacial score (nSPS) is 15.3. The summed E-state index contributed by atoms with van der Waals surface area (Å²) in [6.45, 7) is 7.49. The van der Waals surface area contributed by atoms with Gasteiger partial charge in [0.1, 0.15) is 0 Å². The number of carbonyl (C=O) groups is 1. The van der Waals surface area contributed by atoms with Crippen molar-refractivity contribution in [3.63, 3.8) is 0 Å². The average molecular weight is 332 g/mol. The Morgan fingerprint density at radius 3 is 1.70 bits per heavy atom. The van der Waals surface area contributed by atoms with Gasteiger partial charge in [0.05, 0.1) is 13.2 Å². The number of rotatable bonds is 8. The Morgan fingerprint density at radius 2 is 1.39 bits per heavy atom. The predicted molar refractivity (Wildman–Crippen MR) is 96.1 cm³/mol. The topological polar surface area (TPSA) is 60.1 Å². The maximum absolute atomic E-state index is 11.3. The molecule has 23 heavy (non-hydrogen) atoms. The van der Waals surface area contributed by atoms with Gasteiger partial charge in [0, 0.05) is 26.2 Å². The lowest BCUT2D eigenvalue weighted by Crippen LogP contribution is -2.37. The largest absolute Gasteiger partial charge is 0.379 e. The van der Waals surface area contributed by atoms with Crippen molar-refractivity contribution in [2.45, 2.75) is 12.8 Å². The second-order valence-electron chi connectivity index (χ2n) is 6.41. The molecule has 0 unspecified atom stereocenters. The first-order valence-electron chi connectivity index (χ1n) is 8.49. The molecule has 2 amide bonds. The zero-order valence-corrected chi connectivity index (χ0v) is 15.7. The highest BCUT2D eigenvalue weighted by Gasteiger charge is 2.02. The van der Waals surface area contributed by atoms with Crippen LogP contribution in [0.25, 0.3) is 0 Å². The van der Waals surface area contributed by atoms with E-state index in [4.69, 9.17) is 4.74 Å². The molecule has 0 aromatic heterocycles. The van der Waals surface area contributed by atoms with E-state index >= 15 is 0 Å². The first-order chi connectivity index (χ1) is 10.9. The molecule has 1 rings (SSSR count). The number of nitrogens with one attached hydrogen (secondary N) is 2. The third-order valence-corrected chi connectivity index (χ3v) is 3.37. The van der Waals surface area contributed by atoms with Gasteiger partial charge in [0.15, 0.2) is 0 Å². The molecule has 138 valence electrons. The Bertz CT molecular complexity index is 264. The fraction of sp³-hybridized carbons (Fsp3) is 0.938. The molecule has 1 aliphatic rings. The Kier molecular flexibility index (Phi) is 14.1. The van der Waals surface area contributed by atoms with E-state index in [0.29, 0.717) is 0 Å². The Hall–Kier alpha value is -0.890. The quantitative estimate of drug-likeness (QED) is 0.620. The summed E-state index contributed by atoms with van der Waals surface area (Å²) in [5.41, 5.74) is 0. The van der Waals surface area contributed by atoms with Gasteiger partial charge in [-0.3, -0.25) is 0 Å². The van der Waals surface area contributed by atoms with E-state index in [1.165, 1.54) is 0 Å². The van der Waals surface area contributed by atoms with Crippen molar-refractivity contribution in [1.29, 1.82) is 0 Å². The van der Waals surface area contributed by atoms with E-state index in [1.807, 2.05) is 28.2 Å². The molecule has 0 aromatic rings. The van der Waals surface area contributed by atoms with Gasteiger partial charge >= 0.3 is 6.03 Å². The molecule has 7 nitrogen and oxygen atoms in total. The Labute approximate surface area is 142 Å². The van der Waals surface area contributed by atoms with E-state index < -0.39 is 0 Å². The monoisotopic (exact) mass is 331 g/mol. The van der Waals surface area contributed by atoms with E-state index in [-0.39, 0.29) is 6.03 Å². The lowest BCUT2D eigenvalue weighted by atomic mass is 10.4. The first-order valence-corrected chi connectivity index (χ1v) is 8.49. The molecular formula is C16H37N5O2. The molecule has 0 saturated carbocycles. The van der Waals surface area contributed by atoms with Crippen molar-refractivity contribution >= 4 is 6.03 Å². The van der Waals surface area contributed by atoms with Crippen molar-refractivity contribution in [2.24, 2.45) is 0 Å². The minimum atomic E-state index is -0.0579. The number of hydrogen-bond donors (Lipinski definition) is 2. The van der Waals surface area contributed by atoms with Crippen LogP contribution in [0, 0.1) is 0 Å². The molecular weight excluding hydrogens is 294 g/mol. The third kappa shape index (κ3) is 17.3. The van der Waals surface area contributed by atoms with Crippen LogP contribution in [-0.4, -0.2) is 108 Å². The van der Waals surface area contributed by atoms with Crippen LogP contribution >= 0.6 is 0 Å². The number of likely N-dealkylation sites (N-methyl/N-ethyl adjacent to an activating group) is 1. The third-order valence-electron chi connectivity index (χ3n) is 3.37. The smallest absolute Gasteiger partial charge is 0.314 e. The lowest BCUT2D eigenvalue weighted by Gasteiger charge is -2.21. The van der Waals surface area contributed by atoms with E-state index in [0.717, 1.165) is 65.3 Å². The molecule has 0 radical (unpaired) electrons. The van der Waals surface area contributed by atoms with Crippen LogP contribution in [0.4, 0.5) is 4.79 Å². The van der Waals surface area contributed by atoms with Gasteiger partial charge in [0.25, 0.3) is 0 Å². The molecule has 1 fully saturated rings. The van der Waals surface area contributed by atoms with E-state index in [1.54, 1.807) is 0 Å². The second-order valence-corrected chi connectivity index (χ2v) is 6.41. The molecule has 0 atom stereocenters. The molecule has 0 spiro atoms. The number of ether oxygens (including phenoxy) is 1. The zero-order chi connectivity index (χ0) is 17.5. The van der Waals surface area contributed by atoms with Crippen molar-refractivity contribution in [3.8, 4) is 0 Å². The summed E-state index contributed by atoms with van der Waals surface area (Å²) >= 11 is 0. The average Bonchev–Trinajstić information content (AvgIpc) is 2.49. The van der Waals surface area contributed by atoms with Crippen LogP contribution < -0.4 is 10.6 Å². The van der Waals surface area contributed by atoms with Crippen LogP contribution in [-0.2, 0) is 4.74 Å². The van der Waals surface area contributed by atoms with Crippen molar-refractivity contribution in [2.75, 3.05) is 87.7 Å². The number of hydrogen-bond acceptors (Lipinski definition) is 5. The summed E-state index contributed by atoms with van der Waals surface area (Å²) in [4.78, 5) is 17.8. The number of carbonyl (C=O) groups excluding carboxylic acids is 1. The molecule has 0 bridgehead atoms. The number of nitrogens with zero attached hydrogens (tertiary/aromatic N) is 3. The van der Waals surface area contributed by atoms with Gasteiger partial charge < -0.3 is 30.1 Å². The zero-order valence-electron chi connectivity index (χ0n) is 15.7. The summed E-state index contributed by atoms with van der Waals surface area (Å²) in [5.74, 6) is 0. The lowest BCUT2D eigenvalue weighted by molar-refractivity contribution is 0.0503. The maximum Gasteiger partial charge on any atom is 0.314 e. The summed E-state index contributed by atoms with van der Waals surface area (Å²) in [7, 11) is 10.2. The summed E-state index contributed by atoms with van der Waals surface area (Å²) in [6, 6.07) is -0.0579. The van der Waals surface area contributed by atoms with Crippen molar-refractivity contribution in [1.82, 2.24) is 25.3 Å². The Morgan fingerprint density at radius 1 is 0.957 bits per heavy atom. The van der Waals surface area contributed by atoms with Gasteiger partial charge in [-0.15, -0.1) is 0 Å². The van der Waals surface area contributed by atoms with E-state index in [2.05, 4.69) is 32.4 Å². The number of morpholine rings is 1. The maximum atomic E-state index is 11.3. The fourth-order valence-electron chi connectivity index (χ4n) is 1.91. The summed E-state index contributed by atoms with van der Waals surface area (Å²) < 4.78 is 5.10. The van der Waals surface area contributed by atoms with Gasteiger partial charge in [-0.1, -0.05) is 0 Å². The molecule has 2 N–H and O–H groups in total. The highest BCUT2D eigenvalue weighted by atomic mass is 16.5. The predicted octanol–water partition coefficient (Wildman–Crippen LogP) is 0.137. The highest BCUT2D eigenvalue weighted by molar-refractivity contribution is 5.73. The van der Waals surface area contributed by atoms with Crippen LogP contribution in [0.1, 0.15) is 12.8 Å². The highest BCUT2D eigenvalue weighted by Crippen LogP contribution is 1.89. The number of urea groups is 1. The fourth-order valence-corrected chi connectivity index (χ4v) is 1.91. The van der Waals surface area contributed by atoms with Crippen molar-refractivity contribution in [3.05, 3.63) is 0 Å². The van der Waals surface area contributed by atoms with Gasteiger partial charge in [-0.05, 0) is 61.2 Å². The number of amides is 2. The second kappa shape index (κ2) is 14.7. The SMILES string of the molecule is CN(C)CCCNC(=O)NCCCN(C)C.CN1CCOCC1. The van der Waals surface area contributed by atoms with Crippen LogP contribution in [0.2, 0.25) is 0 Å². The molecule has 1 aliphatic heterocycles. The summed E-state index contributed by atoms with van der Waals surface area (Å²) in [5, 5.41) is 5.67. The van der Waals surface area contributed by atoms with Crippen LogP contribution in [0.3, 0.4) is 0 Å². The van der Waals surface area contributed by atoms with Gasteiger partial charge in [-0.25, -0.2) is 4.79 Å². The molecule has 0 aromatic carbocycles. The molecule has 1 heterocycles. The van der Waals surface area contributed by atoms with Crippen molar-refractivity contribution < 1.29 is 9.53 Å². The minimum Gasteiger partial charge on any atom is -0.379 e. The van der Waals surface area contributed by atoms with Crippen LogP contribution in [0.15, 0.2) is 0 Å². The van der Waals surface area contributed by atoms with Gasteiger partial charge in [-0.2, -0.15) is 0 Å².